The van der Waals surface area contributed by atoms with E-state index in [2.05, 4.69) is 5.10 Å². The average Bonchev–Trinajstić information content (AvgIpc) is 2.93. The Morgan fingerprint density at radius 2 is 1.83 bits per heavy atom. The number of carbonyl (C=O) groups is 1. The van der Waals surface area contributed by atoms with Gasteiger partial charge in [0, 0.05) is 28.3 Å². The van der Waals surface area contributed by atoms with Crippen LogP contribution in [0.1, 0.15) is 41.3 Å². The van der Waals surface area contributed by atoms with Crippen molar-refractivity contribution in [3.05, 3.63) is 70.2 Å². The molecule has 24 heavy (non-hydrogen) atoms. The summed E-state index contributed by atoms with van der Waals surface area (Å²) >= 11 is 5.89. The number of carbonyl (C=O) groups excluding carboxylic acids is 1. The van der Waals surface area contributed by atoms with Gasteiger partial charge in [0.25, 0.3) is 5.91 Å². The number of halogens is 1. The van der Waals surface area contributed by atoms with Crippen LogP contribution in [0.3, 0.4) is 0 Å². The van der Waals surface area contributed by atoms with Gasteiger partial charge in [-0.15, -0.1) is 0 Å². The zero-order valence-electron chi connectivity index (χ0n) is 13.7. The second-order valence-electron chi connectivity index (χ2n) is 6.00. The summed E-state index contributed by atoms with van der Waals surface area (Å²) in [5.41, 5.74) is 1.51. The van der Waals surface area contributed by atoms with Gasteiger partial charge in [-0.05, 0) is 37.6 Å². The highest BCUT2D eigenvalue weighted by atomic mass is 35.5. The molecule has 1 aliphatic heterocycles. The Bertz CT molecular complexity index is 784. The van der Waals surface area contributed by atoms with E-state index >= 15 is 0 Å². The van der Waals surface area contributed by atoms with Crippen LogP contribution in [0.5, 0.6) is 0 Å². The first-order chi connectivity index (χ1) is 11.4. The minimum Gasteiger partial charge on any atom is -0.365 e. The quantitative estimate of drug-likeness (QED) is 0.912. The summed E-state index contributed by atoms with van der Waals surface area (Å²) in [6.07, 6.45) is 0.991. The van der Waals surface area contributed by atoms with Crippen molar-refractivity contribution >= 4 is 23.2 Å². The first-order valence-corrected chi connectivity index (χ1v) is 8.28. The second-order valence-corrected chi connectivity index (χ2v) is 6.44. The molecule has 1 atom stereocenters. The third-order valence-corrected chi connectivity index (χ3v) is 4.50. The van der Waals surface area contributed by atoms with Crippen molar-refractivity contribution in [1.29, 1.82) is 0 Å². The van der Waals surface area contributed by atoms with Crippen molar-refractivity contribution in [2.75, 3.05) is 0 Å². The summed E-state index contributed by atoms with van der Waals surface area (Å²) in [5, 5.41) is 17.4. The van der Waals surface area contributed by atoms with Gasteiger partial charge in [-0.3, -0.25) is 4.79 Å². The first-order valence-electron chi connectivity index (χ1n) is 7.90. The number of aryl methyl sites for hydroxylation is 1. The van der Waals surface area contributed by atoms with Crippen molar-refractivity contribution in [3.8, 4) is 0 Å². The molecule has 5 heteroatoms. The zero-order chi connectivity index (χ0) is 17.3. The summed E-state index contributed by atoms with van der Waals surface area (Å²) in [6.45, 7) is 3.94. The van der Waals surface area contributed by atoms with Crippen LogP contribution in [0.25, 0.3) is 0 Å². The maximum absolute atomic E-state index is 12.9. The molecule has 0 radical (unpaired) electrons. The Labute approximate surface area is 146 Å². The van der Waals surface area contributed by atoms with Crippen molar-refractivity contribution in [2.45, 2.75) is 32.4 Å². The topological polar surface area (TPSA) is 52.9 Å². The molecule has 1 aliphatic rings. The number of nitrogens with zero attached hydrogens (tertiary/aromatic N) is 2. The molecule has 0 spiro atoms. The number of rotatable bonds is 3. The van der Waals surface area contributed by atoms with E-state index in [1.165, 1.54) is 5.01 Å². The van der Waals surface area contributed by atoms with E-state index in [-0.39, 0.29) is 5.91 Å². The predicted octanol–water partition coefficient (Wildman–Crippen LogP) is 4.11. The van der Waals surface area contributed by atoms with Gasteiger partial charge in [-0.2, -0.15) is 10.1 Å². The Hall–Kier alpha value is -2.17. The molecule has 1 amide bonds. The number of hydrogen-bond donors (Lipinski definition) is 1. The number of amides is 1. The molecule has 0 saturated heterocycles. The Morgan fingerprint density at radius 1 is 1.21 bits per heavy atom. The van der Waals surface area contributed by atoms with Gasteiger partial charge in [0.2, 0.25) is 0 Å². The van der Waals surface area contributed by atoms with Gasteiger partial charge in [0.15, 0.2) is 5.72 Å². The second kappa shape index (κ2) is 6.38. The first kappa shape index (κ1) is 16.7. The highest BCUT2D eigenvalue weighted by Crippen LogP contribution is 2.37. The van der Waals surface area contributed by atoms with Crippen molar-refractivity contribution in [1.82, 2.24) is 5.01 Å². The van der Waals surface area contributed by atoms with Crippen LogP contribution in [0.15, 0.2) is 53.6 Å². The maximum Gasteiger partial charge on any atom is 0.276 e. The summed E-state index contributed by atoms with van der Waals surface area (Å²) in [4.78, 5) is 12.9. The minimum absolute atomic E-state index is 0.311. The SMILES string of the molecule is CCC1=NN(C(=O)c2ccc(Cl)cc2)[C@@](O)(c2ccc(C)cc2)C1. The van der Waals surface area contributed by atoms with E-state index in [9.17, 15) is 9.90 Å². The predicted molar refractivity (Wildman–Crippen MR) is 95.0 cm³/mol. The van der Waals surface area contributed by atoms with Crippen LogP contribution in [-0.2, 0) is 5.72 Å². The molecule has 0 aromatic heterocycles. The molecule has 0 bridgehead atoms. The van der Waals surface area contributed by atoms with E-state index in [0.29, 0.717) is 29.0 Å². The monoisotopic (exact) mass is 342 g/mol. The van der Waals surface area contributed by atoms with E-state index < -0.39 is 5.72 Å². The third kappa shape index (κ3) is 2.95. The number of benzene rings is 2. The molecule has 4 nitrogen and oxygen atoms in total. The molecule has 2 aromatic rings. The number of hydrazone groups is 1. The van der Waals surface area contributed by atoms with E-state index in [1.54, 1.807) is 24.3 Å². The molecule has 0 unspecified atom stereocenters. The van der Waals surface area contributed by atoms with Crippen molar-refractivity contribution in [3.63, 3.8) is 0 Å². The van der Waals surface area contributed by atoms with Crippen LogP contribution in [-0.4, -0.2) is 21.7 Å². The fourth-order valence-corrected chi connectivity index (χ4v) is 2.91. The van der Waals surface area contributed by atoms with Crippen LogP contribution < -0.4 is 0 Å². The Kier molecular flexibility index (Phi) is 4.43. The minimum atomic E-state index is -1.46. The van der Waals surface area contributed by atoms with Gasteiger partial charge < -0.3 is 5.11 Å². The summed E-state index contributed by atoms with van der Waals surface area (Å²) < 4.78 is 0. The smallest absolute Gasteiger partial charge is 0.276 e. The highest BCUT2D eigenvalue weighted by Gasteiger charge is 2.45. The molecule has 3 rings (SSSR count). The Morgan fingerprint density at radius 3 is 2.42 bits per heavy atom. The van der Waals surface area contributed by atoms with Gasteiger partial charge in [-0.25, -0.2) is 0 Å². The van der Waals surface area contributed by atoms with E-state index in [4.69, 9.17) is 11.6 Å². The summed E-state index contributed by atoms with van der Waals surface area (Å²) in [5.74, 6) is -0.349. The van der Waals surface area contributed by atoms with Gasteiger partial charge >= 0.3 is 0 Å². The molecule has 0 aliphatic carbocycles. The zero-order valence-corrected chi connectivity index (χ0v) is 14.4. The normalized spacial score (nSPS) is 20.2. The van der Waals surface area contributed by atoms with E-state index in [1.807, 2.05) is 38.1 Å². The molecule has 0 saturated carbocycles. The molecular weight excluding hydrogens is 324 g/mol. The fourth-order valence-electron chi connectivity index (χ4n) is 2.79. The van der Waals surface area contributed by atoms with Gasteiger partial charge in [-0.1, -0.05) is 48.4 Å². The van der Waals surface area contributed by atoms with E-state index in [0.717, 1.165) is 11.3 Å². The lowest BCUT2D eigenvalue weighted by atomic mass is 9.95. The molecule has 1 N–H and O–H groups in total. The van der Waals surface area contributed by atoms with Crippen molar-refractivity contribution < 1.29 is 9.90 Å². The lowest BCUT2D eigenvalue weighted by Crippen LogP contribution is -2.43. The fraction of sp³-hybridized carbons (Fsp3) is 0.263. The lowest BCUT2D eigenvalue weighted by molar-refractivity contribution is -0.0765. The summed E-state index contributed by atoms with van der Waals surface area (Å²) in [6, 6.07) is 14.1. The van der Waals surface area contributed by atoms with Crippen molar-refractivity contribution in [2.24, 2.45) is 5.10 Å². The molecular formula is C19H19ClN2O2. The molecule has 1 heterocycles. The number of hydrogen-bond acceptors (Lipinski definition) is 3. The maximum atomic E-state index is 12.9. The molecule has 124 valence electrons. The van der Waals surface area contributed by atoms with Crippen LogP contribution in [0.2, 0.25) is 5.02 Å². The van der Waals surface area contributed by atoms with Gasteiger partial charge in [0.05, 0.1) is 0 Å². The van der Waals surface area contributed by atoms with Gasteiger partial charge in [0.1, 0.15) is 0 Å². The Balaban J connectivity index is 2.01. The highest BCUT2D eigenvalue weighted by molar-refractivity contribution is 6.30. The largest absolute Gasteiger partial charge is 0.365 e. The standard InChI is InChI=1S/C19H19ClN2O2/c1-3-17-12-19(24,15-8-4-13(2)5-9-15)22(21-17)18(23)14-6-10-16(20)11-7-14/h4-11,24H,3,12H2,1-2H3/t19-/m0/s1. The number of aliphatic hydroxyl groups is 1. The molecule has 2 aromatic carbocycles. The van der Waals surface area contributed by atoms with Crippen LogP contribution >= 0.6 is 11.6 Å². The average molecular weight is 343 g/mol. The lowest BCUT2D eigenvalue weighted by Gasteiger charge is -2.31. The third-order valence-electron chi connectivity index (χ3n) is 4.25. The van der Waals surface area contributed by atoms with Crippen LogP contribution in [0, 0.1) is 6.92 Å². The van der Waals surface area contributed by atoms with Crippen LogP contribution in [0.4, 0.5) is 0 Å². The molecule has 0 fully saturated rings. The summed E-state index contributed by atoms with van der Waals surface area (Å²) in [7, 11) is 0.